The molecule has 6 heteroatoms. The predicted molar refractivity (Wildman–Crippen MR) is 93.1 cm³/mol. The second-order valence-electron chi connectivity index (χ2n) is 6.14. The number of fused-ring (bicyclic) bond motifs is 1. The fraction of sp³-hybridized carbons (Fsp3) is 0.278. The monoisotopic (exact) mass is 322 g/mol. The Balaban J connectivity index is 1.46. The van der Waals surface area contributed by atoms with Crippen LogP contribution in [0.1, 0.15) is 0 Å². The molecule has 0 atom stereocenters. The van der Waals surface area contributed by atoms with E-state index in [1.54, 1.807) is 0 Å². The van der Waals surface area contributed by atoms with Crippen LogP contribution in [-0.4, -0.2) is 41.2 Å². The molecule has 0 unspecified atom stereocenters. The van der Waals surface area contributed by atoms with Crippen molar-refractivity contribution in [1.29, 1.82) is 0 Å². The van der Waals surface area contributed by atoms with Crippen LogP contribution in [0.15, 0.2) is 59.4 Å². The number of benzene rings is 2. The van der Waals surface area contributed by atoms with Crippen molar-refractivity contribution in [3.05, 3.63) is 65.0 Å². The highest BCUT2D eigenvalue weighted by atomic mass is 16.1. The molecule has 1 N–H and O–H groups in total. The quantitative estimate of drug-likeness (QED) is 0.746. The first kappa shape index (κ1) is 14.8. The molecule has 1 fully saturated rings. The SMILES string of the molecule is O=c1c2ccccc2nnn1C[NH+]1CCN(c2ccccc2)CC1. The zero-order valence-electron chi connectivity index (χ0n) is 13.4. The lowest BCUT2D eigenvalue weighted by atomic mass is 10.2. The average Bonchev–Trinajstić information content (AvgIpc) is 2.66. The lowest BCUT2D eigenvalue weighted by Crippen LogP contribution is -3.14. The molecular formula is C18H20N5O+. The van der Waals surface area contributed by atoms with Crippen molar-refractivity contribution in [1.82, 2.24) is 15.0 Å². The summed E-state index contributed by atoms with van der Waals surface area (Å²) in [6.07, 6.45) is 0. The van der Waals surface area contributed by atoms with Gasteiger partial charge in [0.2, 0.25) is 0 Å². The zero-order valence-corrected chi connectivity index (χ0v) is 13.4. The minimum absolute atomic E-state index is 0.0569. The Morgan fingerprint density at radius 3 is 2.46 bits per heavy atom. The molecule has 0 amide bonds. The molecule has 1 aliphatic rings. The first-order valence-corrected chi connectivity index (χ1v) is 8.27. The van der Waals surface area contributed by atoms with Gasteiger partial charge in [-0.3, -0.25) is 4.79 Å². The van der Waals surface area contributed by atoms with Crippen LogP contribution in [0.2, 0.25) is 0 Å². The zero-order chi connectivity index (χ0) is 16.4. The summed E-state index contributed by atoms with van der Waals surface area (Å²) >= 11 is 0. The van der Waals surface area contributed by atoms with Crippen LogP contribution < -0.4 is 15.4 Å². The van der Waals surface area contributed by atoms with Crippen molar-refractivity contribution in [2.24, 2.45) is 0 Å². The van der Waals surface area contributed by atoms with Crippen molar-refractivity contribution in [3.8, 4) is 0 Å². The number of piperazine rings is 1. The van der Waals surface area contributed by atoms with E-state index in [1.807, 2.05) is 30.3 Å². The molecule has 3 aromatic rings. The van der Waals surface area contributed by atoms with Crippen LogP contribution in [-0.2, 0) is 6.67 Å². The summed E-state index contributed by atoms with van der Waals surface area (Å²) in [6.45, 7) is 4.50. The highest BCUT2D eigenvalue weighted by Crippen LogP contribution is 2.12. The van der Waals surface area contributed by atoms with Gasteiger partial charge in [0.25, 0.3) is 5.56 Å². The standard InChI is InChI=1S/C18H19N5O/c24-18-16-8-4-5-9-17(16)19-20-23(18)14-21-10-12-22(13-11-21)15-6-2-1-3-7-15/h1-9H,10-14H2/p+1. The first-order chi connectivity index (χ1) is 11.8. The maximum absolute atomic E-state index is 12.5. The van der Waals surface area contributed by atoms with Crippen molar-refractivity contribution < 1.29 is 4.90 Å². The van der Waals surface area contributed by atoms with E-state index < -0.39 is 0 Å². The minimum Gasteiger partial charge on any atom is -0.360 e. The number of anilines is 1. The molecule has 0 spiro atoms. The topological polar surface area (TPSA) is 55.5 Å². The van der Waals surface area contributed by atoms with Gasteiger partial charge in [0.1, 0.15) is 5.52 Å². The Kier molecular flexibility index (Phi) is 3.96. The third-order valence-electron chi connectivity index (χ3n) is 4.59. The Labute approximate surface area is 139 Å². The van der Waals surface area contributed by atoms with E-state index in [1.165, 1.54) is 15.3 Å². The van der Waals surface area contributed by atoms with Crippen molar-refractivity contribution in [3.63, 3.8) is 0 Å². The number of quaternary nitrogens is 1. The molecule has 1 saturated heterocycles. The molecule has 0 saturated carbocycles. The van der Waals surface area contributed by atoms with Gasteiger partial charge in [0.05, 0.1) is 31.6 Å². The van der Waals surface area contributed by atoms with Crippen molar-refractivity contribution in [2.75, 3.05) is 31.1 Å². The summed E-state index contributed by atoms with van der Waals surface area (Å²) < 4.78 is 1.50. The summed E-state index contributed by atoms with van der Waals surface area (Å²) in [6, 6.07) is 17.8. The Hall–Kier alpha value is -2.73. The number of hydrogen-bond acceptors (Lipinski definition) is 4. The number of nitrogens with zero attached hydrogens (tertiary/aromatic N) is 4. The van der Waals surface area contributed by atoms with Gasteiger partial charge in [0.15, 0.2) is 6.67 Å². The molecule has 1 aliphatic heterocycles. The molecule has 0 bridgehead atoms. The fourth-order valence-corrected chi connectivity index (χ4v) is 3.22. The summed E-state index contributed by atoms with van der Waals surface area (Å²) in [5.74, 6) is 0. The maximum atomic E-state index is 12.5. The van der Waals surface area contributed by atoms with Gasteiger partial charge in [-0.2, -0.15) is 4.68 Å². The highest BCUT2D eigenvalue weighted by Gasteiger charge is 2.21. The van der Waals surface area contributed by atoms with Gasteiger partial charge in [-0.05, 0) is 24.3 Å². The average molecular weight is 322 g/mol. The lowest BCUT2D eigenvalue weighted by Gasteiger charge is -2.33. The Morgan fingerprint density at radius 2 is 1.67 bits per heavy atom. The van der Waals surface area contributed by atoms with Gasteiger partial charge in [0, 0.05) is 5.69 Å². The molecule has 0 radical (unpaired) electrons. The van der Waals surface area contributed by atoms with Gasteiger partial charge >= 0.3 is 0 Å². The van der Waals surface area contributed by atoms with Crippen molar-refractivity contribution >= 4 is 16.6 Å². The summed E-state index contributed by atoms with van der Waals surface area (Å²) in [5.41, 5.74) is 1.86. The summed E-state index contributed by atoms with van der Waals surface area (Å²) in [4.78, 5) is 16.3. The van der Waals surface area contributed by atoms with Gasteiger partial charge in [-0.15, -0.1) is 5.10 Å². The minimum atomic E-state index is -0.0569. The molecule has 0 aliphatic carbocycles. The summed E-state index contributed by atoms with van der Waals surface area (Å²) in [5, 5.41) is 8.89. The van der Waals surface area contributed by atoms with Crippen LogP contribution >= 0.6 is 0 Å². The van der Waals surface area contributed by atoms with E-state index in [0.29, 0.717) is 17.6 Å². The predicted octanol–water partition coefficient (Wildman–Crippen LogP) is 0.154. The lowest BCUT2D eigenvalue weighted by molar-refractivity contribution is -0.924. The van der Waals surface area contributed by atoms with Crippen LogP contribution in [0.3, 0.4) is 0 Å². The number of hydrogen-bond donors (Lipinski definition) is 1. The van der Waals surface area contributed by atoms with Gasteiger partial charge in [-0.1, -0.05) is 35.5 Å². The Morgan fingerprint density at radius 1 is 0.958 bits per heavy atom. The van der Waals surface area contributed by atoms with Crippen LogP contribution in [0, 0.1) is 0 Å². The maximum Gasteiger partial charge on any atom is 0.282 e. The van der Waals surface area contributed by atoms with E-state index in [2.05, 4.69) is 39.5 Å². The largest absolute Gasteiger partial charge is 0.360 e. The fourth-order valence-electron chi connectivity index (χ4n) is 3.22. The molecule has 2 heterocycles. The molecular weight excluding hydrogens is 302 g/mol. The van der Waals surface area contributed by atoms with Crippen LogP contribution in [0.25, 0.3) is 10.9 Å². The number of para-hydroxylation sites is 1. The smallest absolute Gasteiger partial charge is 0.282 e. The van der Waals surface area contributed by atoms with Crippen LogP contribution in [0.4, 0.5) is 5.69 Å². The number of rotatable bonds is 3. The van der Waals surface area contributed by atoms with E-state index in [-0.39, 0.29) is 5.56 Å². The number of nitrogens with one attached hydrogen (secondary N) is 1. The highest BCUT2D eigenvalue weighted by molar-refractivity contribution is 5.76. The van der Waals surface area contributed by atoms with Gasteiger partial charge < -0.3 is 9.80 Å². The van der Waals surface area contributed by atoms with E-state index >= 15 is 0 Å². The van der Waals surface area contributed by atoms with Crippen LogP contribution in [0.5, 0.6) is 0 Å². The molecule has 122 valence electrons. The molecule has 2 aromatic carbocycles. The molecule has 1 aromatic heterocycles. The van der Waals surface area contributed by atoms with E-state index in [4.69, 9.17) is 0 Å². The molecule has 4 rings (SSSR count). The number of aromatic nitrogens is 3. The van der Waals surface area contributed by atoms with Gasteiger partial charge in [-0.25, -0.2) is 0 Å². The third kappa shape index (κ3) is 2.88. The summed E-state index contributed by atoms with van der Waals surface area (Å²) in [7, 11) is 0. The van der Waals surface area contributed by atoms with E-state index in [9.17, 15) is 4.79 Å². The Bertz CT molecular complexity index is 885. The normalized spacial score (nSPS) is 15.8. The van der Waals surface area contributed by atoms with E-state index in [0.717, 1.165) is 26.2 Å². The first-order valence-electron chi connectivity index (χ1n) is 8.27. The molecule has 6 nitrogen and oxygen atoms in total. The molecule has 24 heavy (non-hydrogen) atoms. The van der Waals surface area contributed by atoms with Crippen molar-refractivity contribution in [2.45, 2.75) is 6.67 Å². The second kappa shape index (κ2) is 6.41. The third-order valence-corrected chi connectivity index (χ3v) is 4.59. The second-order valence-corrected chi connectivity index (χ2v) is 6.14.